The monoisotopic (exact) mass is 288 g/mol. The molecule has 92 valence electrons. The highest BCUT2D eigenvalue weighted by atomic mass is 79.9. The zero-order valence-corrected chi connectivity index (χ0v) is 11.9. The maximum Gasteiger partial charge on any atom is 0.0767 e. The summed E-state index contributed by atoms with van der Waals surface area (Å²) in [7, 11) is 2.08. The second kappa shape index (κ2) is 6.37. The standard InChI is InChI=1S/C11H21BrN4/c1-4-9-11(12)10(16(5-2)14-9)8-15(3)7-6-13/h4-8,13H2,1-3H3. The van der Waals surface area contributed by atoms with Gasteiger partial charge in [0.15, 0.2) is 0 Å². The Balaban J connectivity index is 2.88. The van der Waals surface area contributed by atoms with Crippen molar-refractivity contribution in [2.45, 2.75) is 33.4 Å². The Bertz CT molecular complexity index is 335. The van der Waals surface area contributed by atoms with Crippen LogP contribution in [0.5, 0.6) is 0 Å². The van der Waals surface area contributed by atoms with Crippen LogP contribution in [0.1, 0.15) is 25.2 Å². The number of rotatable bonds is 6. The molecule has 0 amide bonds. The van der Waals surface area contributed by atoms with E-state index in [4.69, 9.17) is 5.73 Å². The van der Waals surface area contributed by atoms with E-state index in [1.807, 2.05) is 0 Å². The van der Waals surface area contributed by atoms with E-state index in [-0.39, 0.29) is 0 Å². The third-order valence-electron chi connectivity index (χ3n) is 2.62. The first-order valence-electron chi connectivity index (χ1n) is 5.76. The van der Waals surface area contributed by atoms with Gasteiger partial charge >= 0.3 is 0 Å². The molecule has 0 aliphatic heterocycles. The average molecular weight is 289 g/mol. The summed E-state index contributed by atoms with van der Waals surface area (Å²) in [5, 5.41) is 4.57. The summed E-state index contributed by atoms with van der Waals surface area (Å²) < 4.78 is 3.22. The van der Waals surface area contributed by atoms with E-state index in [0.29, 0.717) is 6.54 Å². The summed E-state index contributed by atoms with van der Waals surface area (Å²) in [6.07, 6.45) is 0.960. The van der Waals surface area contributed by atoms with Crippen molar-refractivity contribution in [3.05, 3.63) is 15.9 Å². The lowest BCUT2D eigenvalue weighted by Crippen LogP contribution is -2.26. The minimum absolute atomic E-state index is 0.690. The quantitative estimate of drug-likeness (QED) is 0.865. The van der Waals surface area contributed by atoms with Gasteiger partial charge in [0, 0.05) is 26.2 Å². The number of nitrogens with zero attached hydrogens (tertiary/aromatic N) is 3. The van der Waals surface area contributed by atoms with Gasteiger partial charge in [0.05, 0.1) is 15.9 Å². The molecule has 1 aromatic rings. The Morgan fingerprint density at radius 1 is 1.44 bits per heavy atom. The zero-order chi connectivity index (χ0) is 12.1. The first kappa shape index (κ1) is 13.7. The molecule has 0 aliphatic rings. The highest BCUT2D eigenvalue weighted by molar-refractivity contribution is 9.10. The fourth-order valence-corrected chi connectivity index (χ4v) is 2.41. The topological polar surface area (TPSA) is 47.1 Å². The van der Waals surface area contributed by atoms with Gasteiger partial charge in [0.1, 0.15) is 0 Å². The number of halogens is 1. The van der Waals surface area contributed by atoms with Gasteiger partial charge in [-0.3, -0.25) is 9.58 Å². The largest absolute Gasteiger partial charge is 0.329 e. The Labute approximate surface area is 106 Å². The first-order chi connectivity index (χ1) is 7.63. The molecule has 0 radical (unpaired) electrons. The van der Waals surface area contributed by atoms with Gasteiger partial charge in [0.25, 0.3) is 0 Å². The Morgan fingerprint density at radius 3 is 2.62 bits per heavy atom. The van der Waals surface area contributed by atoms with Gasteiger partial charge in [-0.25, -0.2) is 0 Å². The molecule has 0 bridgehead atoms. The lowest BCUT2D eigenvalue weighted by atomic mass is 10.3. The summed E-state index contributed by atoms with van der Waals surface area (Å²) in [5.74, 6) is 0. The predicted octanol–water partition coefficient (Wildman–Crippen LogP) is 1.62. The SMILES string of the molecule is CCc1nn(CC)c(CN(C)CCN)c1Br. The number of hydrogen-bond acceptors (Lipinski definition) is 3. The number of aryl methyl sites for hydroxylation is 2. The highest BCUT2D eigenvalue weighted by Gasteiger charge is 2.14. The van der Waals surface area contributed by atoms with E-state index in [2.05, 4.69) is 51.5 Å². The van der Waals surface area contributed by atoms with Gasteiger partial charge in [0.2, 0.25) is 0 Å². The molecule has 2 N–H and O–H groups in total. The summed E-state index contributed by atoms with van der Waals surface area (Å²) in [6, 6.07) is 0. The van der Waals surface area contributed by atoms with Crippen LogP contribution in [0.15, 0.2) is 4.47 Å². The van der Waals surface area contributed by atoms with Crippen molar-refractivity contribution in [1.29, 1.82) is 0 Å². The molecule has 0 fully saturated rings. The zero-order valence-electron chi connectivity index (χ0n) is 10.3. The van der Waals surface area contributed by atoms with Crippen LogP contribution >= 0.6 is 15.9 Å². The molecule has 1 rings (SSSR count). The van der Waals surface area contributed by atoms with Crippen molar-refractivity contribution < 1.29 is 0 Å². The van der Waals surface area contributed by atoms with Crippen molar-refractivity contribution in [1.82, 2.24) is 14.7 Å². The van der Waals surface area contributed by atoms with Crippen LogP contribution in [0, 0.1) is 0 Å². The second-order valence-corrected chi connectivity index (χ2v) is 4.70. The molecule has 5 heteroatoms. The van der Waals surface area contributed by atoms with Gasteiger partial charge in [-0.2, -0.15) is 5.10 Å². The van der Waals surface area contributed by atoms with E-state index in [0.717, 1.165) is 36.2 Å². The van der Waals surface area contributed by atoms with Gasteiger partial charge in [-0.15, -0.1) is 0 Å². The fourth-order valence-electron chi connectivity index (χ4n) is 1.72. The third kappa shape index (κ3) is 3.06. The average Bonchev–Trinajstić information content (AvgIpc) is 2.56. The second-order valence-electron chi connectivity index (χ2n) is 3.90. The summed E-state index contributed by atoms with van der Waals surface area (Å²) in [4.78, 5) is 2.22. The summed E-state index contributed by atoms with van der Waals surface area (Å²) in [5.41, 5.74) is 7.93. The minimum Gasteiger partial charge on any atom is -0.329 e. The smallest absolute Gasteiger partial charge is 0.0767 e. The van der Waals surface area contributed by atoms with Crippen LogP contribution in [-0.4, -0.2) is 34.8 Å². The molecule has 0 spiro atoms. The normalized spacial score (nSPS) is 11.4. The Morgan fingerprint density at radius 2 is 2.12 bits per heavy atom. The Kier molecular flexibility index (Phi) is 5.44. The summed E-state index contributed by atoms with van der Waals surface area (Å²) in [6.45, 7) is 7.63. The van der Waals surface area contributed by atoms with Crippen molar-refractivity contribution in [2.75, 3.05) is 20.1 Å². The molecule has 1 aromatic heterocycles. The molecule has 16 heavy (non-hydrogen) atoms. The first-order valence-corrected chi connectivity index (χ1v) is 6.55. The van der Waals surface area contributed by atoms with Crippen molar-refractivity contribution >= 4 is 15.9 Å². The molecule has 1 heterocycles. The Hall–Kier alpha value is -0.390. The third-order valence-corrected chi connectivity index (χ3v) is 3.54. The maximum atomic E-state index is 5.55. The molecule has 0 unspecified atom stereocenters. The lowest BCUT2D eigenvalue weighted by Gasteiger charge is -2.16. The van der Waals surface area contributed by atoms with Gasteiger partial charge in [-0.1, -0.05) is 6.92 Å². The van der Waals surface area contributed by atoms with Gasteiger partial charge in [-0.05, 0) is 36.3 Å². The molecule has 0 aliphatic carbocycles. The van der Waals surface area contributed by atoms with E-state index >= 15 is 0 Å². The minimum atomic E-state index is 0.690. The lowest BCUT2D eigenvalue weighted by molar-refractivity contribution is 0.323. The molecule has 0 aromatic carbocycles. The molecule has 0 atom stereocenters. The van der Waals surface area contributed by atoms with Crippen molar-refractivity contribution in [2.24, 2.45) is 5.73 Å². The highest BCUT2D eigenvalue weighted by Crippen LogP contribution is 2.23. The van der Waals surface area contributed by atoms with E-state index in [1.54, 1.807) is 0 Å². The number of hydrogen-bond donors (Lipinski definition) is 1. The van der Waals surface area contributed by atoms with Gasteiger partial charge < -0.3 is 5.73 Å². The molecular weight excluding hydrogens is 268 g/mol. The fraction of sp³-hybridized carbons (Fsp3) is 0.727. The molecule has 0 saturated carbocycles. The van der Waals surface area contributed by atoms with E-state index < -0.39 is 0 Å². The van der Waals surface area contributed by atoms with Crippen molar-refractivity contribution in [3.8, 4) is 0 Å². The van der Waals surface area contributed by atoms with E-state index in [1.165, 1.54) is 5.69 Å². The van der Waals surface area contributed by atoms with Crippen LogP contribution in [0.4, 0.5) is 0 Å². The van der Waals surface area contributed by atoms with E-state index in [9.17, 15) is 0 Å². The molecule has 4 nitrogen and oxygen atoms in total. The predicted molar refractivity (Wildman–Crippen MR) is 70.4 cm³/mol. The van der Waals surface area contributed by atoms with Crippen LogP contribution in [0.25, 0.3) is 0 Å². The summed E-state index contributed by atoms with van der Waals surface area (Å²) >= 11 is 3.64. The number of nitrogens with two attached hydrogens (primary N) is 1. The number of likely N-dealkylation sites (N-methyl/N-ethyl adjacent to an activating group) is 1. The number of aromatic nitrogens is 2. The molecular formula is C11H21BrN4. The van der Waals surface area contributed by atoms with Crippen LogP contribution in [0.2, 0.25) is 0 Å². The van der Waals surface area contributed by atoms with Crippen LogP contribution < -0.4 is 5.73 Å². The van der Waals surface area contributed by atoms with Crippen LogP contribution in [0.3, 0.4) is 0 Å². The van der Waals surface area contributed by atoms with Crippen LogP contribution in [-0.2, 0) is 19.5 Å². The maximum absolute atomic E-state index is 5.55. The molecule has 0 saturated heterocycles. The van der Waals surface area contributed by atoms with Crippen molar-refractivity contribution in [3.63, 3.8) is 0 Å².